The number of benzene rings is 5. The van der Waals surface area contributed by atoms with Crippen LogP contribution >= 0.6 is 11.3 Å². The lowest BCUT2D eigenvalue weighted by Gasteiger charge is -2.44. The maximum atomic E-state index is 7.07. The van der Waals surface area contributed by atoms with Crippen LogP contribution in [-0.2, 0) is 23.7 Å². The Kier molecular flexibility index (Phi) is 6.62. The Morgan fingerprint density at radius 3 is 2.06 bits per heavy atom. The molecule has 0 amide bonds. The maximum Gasteiger partial charge on any atom is 0.264 e. The van der Waals surface area contributed by atoms with Crippen LogP contribution in [0.2, 0.25) is 0 Å². The van der Waals surface area contributed by atoms with Gasteiger partial charge in [0.1, 0.15) is 5.58 Å². The molecule has 3 aliphatic rings. The molecule has 0 radical (unpaired) electrons. The average molecular weight is 683 g/mol. The van der Waals surface area contributed by atoms with Gasteiger partial charge in [-0.05, 0) is 95.0 Å². The van der Waals surface area contributed by atoms with Crippen LogP contribution in [0.15, 0.2) is 108 Å². The summed E-state index contributed by atoms with van der Waals surface area (Å²) in [5.41, 5.74) is 16.3. The standard InChI is InChI=1S/C46H43BN2OS/c1-45(2,3)28-26-37-40-38(27-28)49(36-24-15-20-31-30-19-14-21-33(46(4,5)6)42(30)50-43(31)36)35-23-12-11-22-34(35)47(40)44-41(32-18-10-13-25-39(32)51-44)48(37)29-16-8-7-9-17-29/h7-9,11-12,14-17,19-24,26-27H,10,13,18,25H2,1-6H3. The molecule has 51 heavy (non-hydrogen) atoms. The normalized spacial score (nSPS) is 15.2. The highest BCUT2D eigenvalue weighted by Crippen LogP contribution is 2.51. The molecule has 5 heteroatoms. The van der Waals surface area contributed by atoms with Crippen LogP contribution in [-0.4, -0.2) is 6.71 Å². The van der Waals surface area contributed by atoms with Crippen LogP contribution in [0.3, 0.4) is 0 Å². The van der Waals surface area contributed by atoms with Crippen molar-refractivity contribution < 1.29 is 4.42 Å². The first-order chi connectivity index (χ1) is 24.6. The molecule has 2 aromatic heterocycles. The summed E-state index contributed by atoms with van der Waals surface area (Å²) in [7, 11) is 0. The van der Waals surface area contributed by atoms with Crippen LogP contribution < -0.4 is 25.5 Å². The quantitative estimate of drug-likeness (QED) is 0.169. The molecule has 0 N–H and O–H groups in total. The Labute approximate surface area is 305 Å². The van der Waals surface area contributed by atoms with E-state index < -0.39 is 0 Å². The van der Waals surface area contributed by atoms with Crippen LogP contribution in [0.4, 0.5) is 34.1 Å². The molecule has 0 atom stereocenters. The van der Waals surface area contributed by atoms with Crippen molar-refractivity contribution in [3.05, 3.63) is 125 Å². The van der Waals surface area contributed by atoms with Crippen molar-refractivity contribution in [3.63, 3.8) is 0 Å². The molecular weight excluding hydrogens is 639 g/mol. The largest absolute Gasteiger partial charge is 0.454 e. The zero-order valence-corrected chi connectivity index (χ0v) is 31.2. The average Bonchev–Trinajstić information content (AvgIpc) is 3.70. The number of hydrogen-bond donors (Lipinski definition) is 0. The number of para-hydroxylation sites is 4. The van der Waals surface area contributed by atoms with Gasteiger partial charge in [0, 0.05) is 48.7 Å². The summed E-state index contributed by atoms with van der Waals surface area (Å²) in [6, 6.07) is 38.6. The van der Waals surface area contributed by atoms with Crippen LogP contribution in [0.1, 0.15) is 76.0 Å². The highest BCUT2D eigenvalue weighted by Gasteiger charge is 2.47. The molecule has 2 aliphatic heterocycles. The topological polar surface area (TPSA) is 19.6 Å². The lowest BCUT2D eigenvalue weighted by Crippen LogP contribution is -2.60. The molecule has 0 bridgehead atoms. The second-order valence-electron chi connectivity index (χ2n) is 16.8. The summed E-state index contributed by atoms with van der Waals surface area (Å²) in [5.74, 6) is 0. The van der Waals surface area contributed by atoms with Gasteiger partial charge in [-0.15, -0.1) is 0 Å². The highest BCUT2D eigenvalue weighted by molar-refractivity contribution is 7.29. The first-order valence-corrected chi connectivity index (χ1v) is 19.4. The third-order valence-corrected chi connectivity index (χ3v) is 12.8. The van der Waals surface area contributed by atoms with Crippen LogP contribution in [0.25, 0.3) is 21.9 Å². The number of thiophene rings is 1. The smallest absolute Gasteiger partial charge is 0.264 e. The molecular formula is C46H43BN2OS. The molecule has 0 saturated heterocycles. The third kappa shape index (κ3) is 4.50. The zero-order chi connectivity index (χ0) is 34.8. The molecule has 0 spiro atoms. The van der Waals surface area contributed by atoms with Crippen molar-refractivity contribution in [1.29, 1.82) is 0 Å². The zero-order valence-electron chi connectivity index (χ0n) is 30.4. The molecule has 3 nitrogen and oxygen atoms in total. The lowest BCUT2D eigenvalue weighted by atomic mass is 9.36. The van der Waals surface area contributed by atoms with Crippen molar-refractivity contribution in [1.82, 2.24) is 0 Å². The molecule has 7 aromatic rings. The molecule has 1 aliphatic carbocycles. The monoisotopic (exact) mass is 682 g/mol. The van der Waals surface area contributed by atoms with Crippen molar-refractivity contribution >= 4 is 89.8 Å². The Bertz CT molecular complexity index is 2530. The van der Waals surface area contributed by atoms with Gasteiger partial charge < -0.3 is 14.2 Å². The minimum atomic E-state index is -0.0622. The van der Waals surface area contributed by atoms with Gasteiger partial charge in [0.25, 0.3) is 6.71 Å². The van der Waals surface area contributed by atoms with Gasteiger partial charge >= 0.3 is 0 Å². The first-order valence-electron chi connectivity index (χ1n) is 18.6. The van der Waals surface area contributed by atoms with Gasteiger partial charge in [-0.1, -0.05) is 108 Å². The van der Waals surface area contributed by atoms with E-state index in [1.165, 1.54) is 79.9 Å². The minimum absolute atomic E-state index is 0.0446. The van der Waals surface area contributed by atoms with Crippen molar-refractivity contribution in [2.45, 2.75) is 78.1 Å². The molecule has 10 rings (SSSR count). The lowest BCUT2D eigenvalue weighted by molar-refractivity contribution is 0.573. The SMILES string of the molecule is CC(C)(C)c1cc2c3c(c1)N(c1cccc4c1oc1c(C(C)(C)C)cccc14)c1ccccc1B3c1sc3c(c1N2c1ccccc1)CCCC3. The second-order valence-corrected chi connectivity index (χ2v) is 17.9. The summed E-state index contributed by atoms with van der Waals surface area (Å²) < 4.78 is 8.56. The summed E-state index contributed by atoms with van der Waals surface area (Å²) >= 11 is 2.08. The number of nitrogens with zero attached hydrogens (tertiary/aromatic N) is 2. The van der Waals surface area contributed by atoms with Gasteiger partial charge in [-0.3, -0.25) is 0 Å². The number of hydrogen-bond acceptors (Lipinski definition) is 4. The summed E-state index contributed by atoms with van der Waals surface area (Å²) in [5, 5.41) is 2.34. The number of fused-ring (bicyclic) bond motifs is 9. The molecule has 0 fully saturated rings. The van der Waals surface area contributed by atoms with Crippen molar-refractivity contribution in [2.24, 2.45) is 0 Å². The predicted molar refractivity (Wildman–Crippen MR) is 220 cm³/mol. The van der Waals surface area contributed by atoms with Gasteiger partial charge in [0.15, 0.2) is 5.58 Å². The number of rotatable bonds is 2. The third-order valence-electron chi connectivity index (χ3n) is 11.5. The highest BCUT2D eigenvalue weighted by atomic mass is 32.1. The van der Waals surface area contributed by atoms with E-state index in [0.717, 1.165) is 28.7 Å². The number of anilines is 6. The van der Waals surface area contributed by atoms with Crippen LogP contribution in [0.5, 0.6) is 0 Å². The minimum Gasteiger partial charge on any atom is -0.454 e. The summed E-state index contributed by atoms with van der Waals surface area (Å²) in [6.07, 6.45) is 4.86. The Hall–Kier alpha value is -4.74. The van der Waals surface area contributed by atoms with Gasteiger partial charge in [0.05, 0.1) is 11.4 Å². The number of furan rings is 1. The molecule has 0 saturated carbocycles. The summed E-state index contributed by atoms with van der Waals surface area (Å²) in [4.78, 5) is 6.74. The molecule has 5 aromatic carbocycles. The fourth-order valence-corrected chi connectivity index (χ4v) is 10.5. The van der Waals surface area contributed by atoms with E-state index >= 15 is 0 Å². The van der Waals surface area contributed by atoms with Gasteiger partial charge in [-0.2, -0.15) is 11.3 Å². The van der Waals surface area contributed by atoms with E-state index in [2.05, 4.69) is 166 Å². The maximum absolute atomic E-state index is 7.07. The second kappa shape index (κ2) is 10.9. The van der Waals surface area contributed by atoms with E-state index in [-0.39, 0.29) is 17.5 Å². The van der Waals surface area contributed by atoms with E-state index in [0.29, 0.717) is 0 Å². The van der Waals surface area contributed by atoms with Gasteiger partial charge in [-0.25, -0.2) is 0 Å². The fraction of sp³-hybridized carbons (Fsp3) is 0.261. The van der Waals surface area contributed by atoms with E-state index in [1.54, 1.807) is 10.4 Å². The Balaban J connectivity index is 1.33. The predicted octanol–water partition coefficient (Wildman–Crippen LogP) is 11.2. The fourth-order valence-electron chi connectivity index (χ4n) is 9.02. The summed E-state index contributed by atoms with van der Waals surface area (Å²) in [6.45, 7) is 14.0. The number of aryl methyl sites for hydroxylation is 1. The van der Waals surface area contributed by atoms with Gasteiger partial charge in [0.2, 0.25) is 0 Å². The van der Waals surface area contributed by atoms with E-state index in [4.69, 9.17) is 4.42 Å². The molecule has 0 unspecified atom stereocenters. The molecule has 252 valence electrons. The van der Waals surface area contributed by atoms with Crippen LogP contribution in [0, 0.1) is 0 Å². The molecule has 4 heterocycles. The van der Waals surface area contributed by atoms with Crippen molar-refractivity contribution in [2.75, 3.05) is 9.80 Å². The first kappa shape index (κ1) is 31.0. The Morgan fingerprint density at radius 2 is 1.29 bits per heavy atom. The van der Waals surface area contributed by atoms with E-state index in [1.807, 2.05) is 0 Å². The Morgan fingerprint density at radius 1 is 0.627 bits per heavy atom. The van der Waals surface area contributed by atoms with E-state index in [9.17, 15) is 0 Å². The van der Waals surface area contributed by atoms with Crippen molar-refractivity contribution in [3.8, 4) is 0 Å².